The lowest BCUT2D eigenvalue weighted by Crippen LogP contribution is -2.27. The van der Waals surface area contributed by atoms with E-state index in [9.17, 15) is 0 Å². The van der Waals surface area contributed by atoms with Crippen molar-refractivity contribution in [1.29, 1.82) is 0 Å². The first-order valence-corrected chi connectivity index (χ1v) is 7.50. The Bertz CT molecular complexity index is 469. The van der Waals surface area contributed by atoms with Crippen LogP contribution in [0.25, 0.3) is 0 Å². The zero-order valence-electron chi connectivity index (χ0n) is 13.6. The number of aryl methyl sites for hydroxylation is 1. The normalized spacial score (nSPS) is 21.9. The summed E-state index contributed by atoms with van der Waals surface area (Å²) >= 11 is 0. The van der Waals surface area contributed by atoms with E-state index in [-0.39, 0.29) is 12.2 Å². The van der Waals surface area contributed by atoms with E-state index in [0.29, 0.717) is 0 Å². The van der Waals surface area contributed by atoms with E-state index in [1.54, 1.807) is 14.2 Å². The summed E-state index contributed by atoms with van der Waals surface area (Å²) < 4.78 is 11.0. The summed E-state index contributed by atoms with van der Waals surface area (Å²) in [5.41, 5.74) is 1.08. The fourth-order valence-electron chi connectivity index (χ4n) is 2.71. The van der Waals surface area contributed by atoms with Crippen LogP contribution in [0.4, 0.5) is 11.6 Å². The highest BCUT2D eigenvalue weighted by Crippen LogP contribution is 2.28. The molecule has 1 aromatic heterocycles. The summed E-state index contributed by atoms with van der Waals surface area (Å²) in [6.45, 7) is 8.63. The highest BCUT2D eigenvalue weighted by atomic mass is 16.5. The minimum atomic E-state index is 0.0803. The van der Waals surface area contributed by atoms with Gasteiger partial charge in [0.15, 0.2) is 0 Å². The van der Waals surface area contributed by atoms with Crippen molar-refractivity contribution in [1.82, 2.24) is 9.97 Å². The van der Waals surface area contributed by atoms with Crippen LogP contribution in [0.2, 0.25) is 0 Å². The van der Waals surface area contributed by atoms with E-state index in [1.165, 1.54) is 0 Å². The molecule has 1 saturated heterocycles. The van der Waals surface area contributed by atoms with Gasteiger partial charge in [0, 0.05) is 39.4 Å². The Labute approximate surface area is 126 Å². The summed E-state index contributed by atoms with van der Waals surface area (Å²) in [5, 5.41) is 3.38. The predicted octanol–water partition coefficient (Wildman–Crippen LogP) is 1.77. The highest BCUT2D eigenvalue weighted by Gasteiger charge is 2.34. The van der Waals surface area contributed by atoms with Crippen LogP contribution in [0.1, 0.15) is 24.7 Å². The molecule has 21 heavy (non-hydrogen) atoms. The van der Waals surface area contributed by atoms with Gasteiger partial charge in [-0.25, -0.2) is 9.97 Å². The molecule has 2 unspecified atom stereocenters. The van der Waals surface area contributed by atoms with Gasteiger partial charge >= 0.3 is 0 Å². The average Bonchev–Trinajstić information content (AvgIpc) is 2.90. The second-order valence-electron chi connectivity index (χ2n) is 5.45. The molecule has 1 aliphatic heterocycles. The van der Waals surface area contributed by atoms with Gasteiger partial charge in [-0.3, -0.25) is 0 Å². The van der Waals surface area contributed by atoms with Gasteiger partial charge in [-0.05, 0) is 20.3 Å². The predicted molar refractivity (Wildman–Crippen MR) is 84.1 cm³/mol. The fourth-order valence-corrected chi connectivity index (χ4v) is 2.71. The molecule has 0 bridgehead atoms. The zero-order valence-corrected chi connectivity index (χ0v) is 13.6. The molecule has 0 saturated carbocycles. The molecule has 2 rings (SSSR count). The van der Waals surface area contributed by atoms with E-state index in [1.807, 2.05) is 6.92 Å². The van der Waals surface area contributed by atoms with Crippen LogP contribution in [-0.2, 0) is 9.47 Å². The van der Waals surface area contributed by atoms with Gasteiger partial charge in [0.25, 0.3) is 0 Å². The molecule has 0 spiro atoms. The van der Waals surface area contributed by atoms with Crippen LogP contribution in [-0.4, -0.2) is 56.0 Å². The number of aromatic nitrogens is 2. The maximum absolute atomic E-state index is 5.51. The van der Waals surface area contributed by atoms with Crippen molar-refractivity contribution in [2.75, 3.05) is 44.1 Å². The lowest BCUT2D eigenvalue weighted by Gasteiger charge is -2.21. The highest BCUT2D eigenvalue weighted by molar-refractivity contribution is 5.59. The van der Waals surface area contributed by atoms with Crippen molar-refractivity contribution in [3.05, 3.63) is 11.4 Å². The van der Waals surface area contributed by atoms with Crippen LogP contribution < -0.4 is 10.2 Å². The number of methoxy groups -OCH3 is 2. The van der Waals surface area contributed by atoms with E-state index in [4.69, 9.17) is 9.47 Å². The Morgan fingerprint density at radius 2 is 1.76 bits per heavy atom. The molecule has 1 aromatic rings. The maximum Gasteiger partial charge on any atom is 0.137 e. The summed E-state index contributed by atoms with van der Waals surface area (Å²) in [5.74, 6) is 2.68. The van der Waals surface area contributed by atoms with Crippen molar-refractivity contribution < 1.29 is 9.47 Å². The Kier molecular flexibility index (Phi) is 5.36. The third-order valence-corrected chi connectivity index (χ3v) is 3.89. The molecule has 0 amide bonds. The number of nitrogens with zero attached hydrogens (tertiary/aromatic N) is 3. The van der Waals surface area contributed by atoms with Gasteiger partial charge < -0.3 is 19.7 Å². The number of hydrogen-bond acceptors (Lipinski definition) is 6. The quantitative estimate of drug-likeness (QED) is 0.863. The number of rotatable bonds is 6. The lowest BCUT2D eigenvalue weighted by molar-refractivity contribution is -0.00461. The van der Waals surface area contributed by atoms with Gasteiger partial charge in [0.1, 0.15) is 29.7 Å². The number of hydrogen-bond donors (Lipinski definition) is 1. The second-order valence-corrected chi connectivity index (χ2v) is 5.45. The van der Waals surface area contributed by atoms with E-state index in [2.05, 4.69) is 34.0 Å². The van der Waals surface area contributed by atoms with Crippen LogP contribution in [0.15, 0.2) is 0 Å². The van der Waals surface area contributed by atoms with Gasteiger partial charge in [0.2, 0.25) is 0 Å². The first-order valence-electron chi connectivity index (χ1n) is 7.50. The van der Waals surface area contributed by atoms with E-state index < -0.39 is 0 Å². The van der Waals surface area contributed by atoms with Crippen molar-refractivity contribution in [2.45, 2.75) is 39.4 Å². The molecule has 1 fully saturated rings. The van der Waals surface area contributed by atoms with Crippen LogP contribution in [0.5, 0.6) is 0 Å². The SMILES string of the molecule is CCCNc1nc(C)nc(N2CC(OC)C(OC)C2)c1C. The molecule has 0 aliphatic carbocycles. The molecule has 6 nitrogen and oxygen atoms in total. The molecule has 6 heteroatoms. The Morgan fingerprint density at radius 3 is 2.29 bits per heavy atom. The summed E-state index contributed by atoms with van der Waals surface area (Å²) in [6, 6.07) is 0. The molecule has 0 aromatic carbocycles. The van der Waals surface area contributed by atoms with Crippen molar-refractivity contribution >= 4 is 11.6 Å². The average molecular weight is 294 g/mol. The van der Waals surface area contributed by atoms with Gasteiger partial charge in [-0.15, -0.1) is 0 Å². The molecule has 1 N–H and O–H groups in total. The molecule has 118 valence electrons. The fraction of sp³-hybridized carbons (Fsp3) is 0.733. The van der Waals surface area contributed by atoms with Crippen molar-refractivity contribution in [3.63, 3.8) is 0 Å². The van der Waals surface area contributed by atoms with Crippen LogP contribution in [0, 0.1) is 13.8 Å². The first-order chi connectivity index (χ1) is 10.1. The van der Waals surface area contributed by atoms with E-state index >= 15 is 0 Å². The van der Waals surface area contributed by atoms with Crippen LogP contribution in [0.3, 0.4) is 0 Å². The third-order valence-electron chi connectivity index (χ3n) is 3.89. The molecule has 0 radical (unpaired) electrons. The second kappa shape index (κ2) is 7.04. The number of nitrogens with one attached hydrogen (secondary N) is 1. The van der Waals surface area contributed by atoms with E-state index in [0.717, 1.165) is 49.1 Å². The summed E-state index contributed by atoms with van der Waals surface area (Å²) in [6.07, 6.45) is 1.23. The minimum Gasteiger partial charge on any atom is -0.377 e. The smallest absolute Gasteiger partial charge is 0.137 e. The van der Waals surface area contributed by atoms with Gasteiger partial charge in [0.05, 0.1) is 0 Å². The van der Waals surface area contributed by atoms with Crippen molar-refractivity contribution in [3.8, 4) is 0 Å². The molecule has 2 atom stereocenters. The molecule has 2 heterocycles. The summed E-state index contributed by atoms with van der Waals surface area (Å²) in [7, 11) is 3.46. The Hall–Kier alpha value is -1.40. The summed E-state index contributed by atoms with van der Waals surface area (Å²) in [4.78, 5) is 11.4. The standard InChI is InChI=1S/C15H26N4O2/c1-6-7-16-14-10(2)15(18-11(3)17-14)19-8-12(20-4)13(9-19)21-5/h12-13H,6-9H2,1-5H3,(H,16,17,18). The minimum absolute atomic E-state index is 0.0803. The Balaban J connectivity index is 2.25. The van der Waals surface area contributed by atoms with Gasteiger partial charge in [-0.1, -0.05) is 6.92 Å². The lowest BCUT2D eigenvalue weighted by atomic mass is 10.2. The molecule has 1 aliphatic rings. The van der Waals surface area contributed by atoms with Gasteiger partial charge in [-0.2, -0.15) is 0 Å². The zero-order chi connectivity index (χ0) is 15.4. The van der Waals surface area contributed by atoms with Crippen molar-refractivity contribution in [2.24, 2.45) is 0 Å². The molecular formula is C15H26N4O2. The van der Waals surface area contributed by atoms with Crippen LogP contribution >= 0.6 is 0 Å². The Morgan fingerprint density at radius 1 is 1.14 bits per heavy atom. The first kappa shape index (κ1) is 16.0. The number of anilines is 2. The monoisotopic (exact) mass is 294 g/mol. The third kappa shape index (κ3) is 3.44. The number of ether oxygens (including phenoxy) is 2. The largest absolute Gasteiger partial charge is 0.377 e. The molecular weight excluding hydrogens is 268 g/mol. The maximum atomic E-state index is 5.51. The topological polar surface area (TPSA) is 59.5 Å².